The highest BCUT2D eigenvalue weighted by molar-refractivity contribution is 5.78. The lowest BCUT2D eigenvalue weighted by molar-refractivity contribution is -0.149. The van der Waals surface area contributed by atoms with Crippen LogP contribution in [0.3, 0.4) is 0 Å². The first-order valence-corrected chi connectivity index (χ1v) is 9.27. The van der Waals surface area contributed by atoms with Gasteiger partial charge in [-0.2, -0.15) is 0 Å². The molecule has 1 fully saturated rings. The Kier molecular flexibility index (Phi) is 6.47. The van der Waals surface area contributed by atoms with Crippen LogP contribution in [-0.2, 0) is 20.7 Å². The largest absolute Gasteiger partial charge is 0.483 e. The van der Waals surface area contributed by atoms with Gasteiger partial charge in [-0.05, 0) is 30.0 Å². The third-order valence-corrected chi connectivity index (χ3v) is 4.94. The SMILES string of the molecule is COC(=O)C1CCN(C(=O)COc2ccccc2Cc2ccccc2)CC1. The minimum absolute atomic E-state index is 0.00862. The van der Waals surface area contributed by atoms with Crippen LogP contribution in [-0.4, -0.2) is 43.6 Å². The zero-order chi connectivity index (χ0) is 19.1. The molecule has 1 aliphatic rings. The Bertz CT molecular complexity index is 767. The summed E-state index contributed by atoms with van der Waals surface area (Å²) < 4.78 is 10.6. The van der Waals surface area contributed by atoms with Gasteiger partial charge in [0.2, 0.25) is 0 Å². The quantitative estimate of drug-likeness (QED) is 0.737. The first-order valence-electron chi connectivity index (χ1n) is 9.27. The Labute approximate surface area is 159 Å². The van der Waals surface area contributed by atoms with Crippen LogP contribution >= 0.6 is 0 Å². The van der Waals surface area contributed by atoms with Crippen molar-refractivity contribution in [2.24, 2.45) is 5.92 Å². The van der Waals surface area contributed by atoms with Crippen molar-refractivity contribution in [2.75, 3.05) is 26.8 Å². The number of ether oxygens (including phenoxy) is 2. The molecule has 2 aromatic carbocycles. The fraction of sp³-hybridized carbons (Fsp3) is 0.364. The van der Waals surface area contributed by atoms with Gasteiger partial charge in [0.25, 0.3) is 5.91 Å². The topological polar surface area (TPSA) is 55.8 Å². The van der Waals surface area contributed by atoms with Crippen molar-refractivity contribution in [3.8, 4) is 5.75 Å². The van der Waals surface area contributed by atoms with Crippen LogP contribution in [0.5, 0.6) is 5.75 Å². The summed E-state index contributed by atoms with van der Waals surface area (Å²) in [5, 5.41) is 0. The lowest BCUT2D eigenvalue weighted by Gasteiger charge is -2.30. The predicted octanol–water partition coefficient (Wildman–Crippen LogP) is 3.07. The van der Waals surface area contributed by atoms with Crippen molar-refractivity contribution in [3.63, 3.8) is 0 Å². The number of hydrogen-bond donors (Lipinski definition) is 0. The number of para-hydroxylation sites is 1. The Morgan fingerprint density at radius 1 is 1.00 bits per heavy atom. The van der Waals surface area contributed by atoms with E-state index >= 15 is 0 Å². The fourth-order valence-electron chi connectivity index (χ4n) is 3.37. The molecule has 0 spiro atoms. The number of carbonyl (C=O) groups excluding carboxylic acids is 2. The lowest BCUT2D eigenvalue weighted by Crippen LogP contribution is -2.42. The molecule has 2 aromatic rings. The van der Waals surface area contributed by atoms with E-state index in [-0.39, 0.29) is 24.4 Å². The standard InChI is InChI=1S/C22H25NO4/c1-26-22(25)18-11-13-23(14-12-18)21(24)16-27-20-10-6-5-9-19(20)15-17-7-3-2-4-8-17/h2-10,18H,11-16H2,1H3. The molecule has 1 heterocycles. The van der Waals surface area contributed by atoms with Gasteiger partial charge in [-0.15, -0.1) is 0 Å². The monoisotopic (exact) mass is 367 g/mol. The first kappa shape index (κ1) is 19.0. The summed E-state index contributed by atoms with van der Waals surface area (Å²) in [7, 11) is 1.40. The minimum atomic E-state index is -0.187. The summed E-state index contributed by atoms with van der Waals surface area (Å²) in [6, 6.07) is 18.0. The Hall–Kier alpha value is -2.82. The number of nitrogens with zero attached hydrogens (tertiary/aromatic N) is 1. The summed E-state index contributed by atoms with van der Waals surface area (Å²) >= 11 is 0. The van der Waals surface area contributed by atoms with E-state index in [1.165, 1.54) is 12.7 Å². The highest BCUT2D eigenvalue weighted by atomic mass is 16.5. The predicted molar refractivity (Wildman–Crippen MR) is 103 cm³/mol. The van der Waals surface area contributed by atoms with Gasteiger partial charge in [-0.25, -0.2) is 0 Å². The van der Waals surface area contributed by atoms with E-state index in [9.17, 15) is 9.59 Å². The van der Waals surface area contributed by atoms with E-state index in [0.29, 0.717) is 25.9 Å². The maximum atomic E-state index is 12.5. The second-order valence-corrected chi connectivity index (χ2v) is 6.74. The van der Waals surface area contributed by atoms with Gasteiger partial charge in [0, 0.05) is 19.5 Å². The molecule has 27 heavy (non-hydrogen) atoms. The van der Waals surface area contributed by atoms with Gasteiger partial charge in [0.1, 0.15) is 5.75 Å². The number of benzene rings is 2. The summed E-state index contributed by atoms with van der Waals surface area (Å²) in [6.07, 6.45) is 2.04. The number of amides is 1. The van der Waals surface area contributed by atoms with Gasteiger partial charge in [0.05, 0.1) is 13.0 Å². The third kappa shape index (κ3) is 5.09. The van der Waals surface area contributed by atoms with Crippen LogP contribution in [0.15, 0.2) is 54.6 Å². The number of esters is 1. The van der Waals surface area contributed by atoms with Crippen LogP contribution < -0.4 is 4.74 Å². The van der Waals surface area contributed by atoms with Gasteiger partial charge in [0.15, 0.2) is 6.61 Å². The Morgan fingerprint density at radius 3 is 2.37 bits per heavy atom. The summed E-state index contributed by atoms with van der Waals surface area (Å²) in [6.45, 7) is 1.13. The molecule has 0 radical (unpaired) electrons. The summed E-state index contributed by atoms with van der Waals surface area (Å²) in [4.78, 5) is 25.8. The summed E-state index contributed by atoms with van der Waals surface area (Å²) in [5.41, 5.74) is 2.26. The first-order chi connectivity index (χ1) is 13.2. The molecule has 0 saturated carbocycles. The molecule has 0 atom stereocenters. The lowest BCUT2D eigenvalue weighted by atomic mass is 9.97. The highest BCUT2D eigenvalue weighted by Crippen LogP contribution is 2.22. The zero-order valence-corrected chi connectivity index (χ0v) is 15.6. The molecule has 0 N–H and O–H groups in total. The van der Waals surface area contributed by atoms with E-state index in [1.807, 2.05) is 42.5 Å². The Morgan fingerprint density at radius 2 is 1.67 bits per heavy atom. The minimum Gasteiger partial charge on any atom is -0.483 e. The number of likely N-dealkylation sites (tertiary alicyclic amines) is 1. The van der Waals surface area contributed by atoms with Gasteiger partial charge < -0.3 is 14.4 Å². The molecule has 5 heteroatoms. The molecule has 3 rings (SSSR count). The zero-order valence-electron chi connectivity index (χ0n) is 15.6. The van der Waals surface area contributed by atoms with Crippen molar-refractivity contribution in [2.45, 2.75) is 19.3 Å². The normalized spacial score (nSPS) is 14.6. The molecular formula is C22H25NO4. The molecule has 1 amide bonds. The number of hydrogen-bond acceptors (Lipinski definition) is 4. The molecule has 1 aliphatic heterocycles. The van der Waals surface area contributed by atoms with Crippen molar-refractivity contribution in [1.82, 2.24) is 4.90 Å². The van der Waals surface area contributed by atoms with Crippen LogP contribution in [0.25, 0.3) is 0 Å². The Balaban J connectivity index is 1.54. The van der Waals surface area contributed by atoms with E-state index < -0.39 is 0 Å². The highest BCUT2D eigenvalue weighted by Gasteiger charge is 2.28. The van der Waals surface area contributed by atoms with Crippen LogP contribution in [0, 0.1) is 5.92 Å². The van der Waals surface area contributed by atoms with Crippen LogP contribution in [0.1, 0.15) is 24.0 Å². The molecule has 0 aliphatic carbocycles. The molecule has 0 unspecified atom stereocenters. The second kappa shape index (κ2) is 9.21. The molecule has 142 valence electrons. The van der Waals surface area contributed by atoms with Gasteiger partial charge >= 0.3 is 5.97 Å². The number of carbonyl (C=O) groups is 2. The number of rotatable bonds is 6. The van der Waals surface area contributed by atoms with Crippen molar-refractivity contribution in [1.29, 1.82) is 0 Å². The average molecular weight is 367 g/mol. The molecule has 5 nitrogen and oxygen atoms in total. The summed E-state index contributed by atoms with van der Waals surface area (Å²) in [5.74, 6) is 0.395. The van der Waals surface area contributed by atoms with Gasteiger partial charge in [-0.3, -0.25) is 9.59 Å². The van der Waals surface area contributed by atoms with Crippen molar-refractivity contribution in [3.05, 3.63) is 65.7 Å². The van der Waals surface area contributed by atoms with E-state index in [2.05, 4.69) is 12.1 Å². The maximum absolute atomic E-state index is 12.5. The fourth-order valence-corrected chi connectivity index (χ4v) is 3.37. The smallest absolute Gasteiger partial charge is 0.308 e. The van der Waals surface area contributed by atoms with Crippen LogP contribution in [0.2, 0.25) is 0 Å². The van der Waals surface area contributed by atoms with Crippen LogP contribution in [0.4, 0.5) is 0 Å². The average Bonchev–Trinajstić information content (AvgIpc) is 2.73. The maximum Gasteiger partial charge on any atom is 0.308 e. The van der Waals surface area contributed by atoms with E-state index in [4.69, 9.17) is 9.47 Å². The molecular weight excluding hydrogens is 342 g/mol. The number of piperidine rings is 1. The van der Waals surface area contributed by atoms with Gasteiger partial charge in [-0.1, -0.05) is 48.5 Å². The van der Waals surface area contributed by atoms with E-state index in [0.717, 1.165) is 17.7 Å². The van der Waals surface area contributed by atoms with Crippen molar-refractivity contribution < 1.29 is 19.1 Å². The van der Waals surface area contributed by atoms with Crippen molar-refractivity contribution >= 4 is 11.9 Å². The number of methoxy groups -OCH3 is 1. The molecule has 1 saturated heterocycles. The third-order valence-electron chi connectivity index (χ3n) is 4.94. The second-order valence-electron chi connectivity index (χ2n) is 6.74. The molecule has 0 aromatic heterocycles. The van der Waals surface area contributed by atoms with E-state index in [1.54, 1.807) is 4.90 Å². The molecule has 0 bridgehead atoms.